The summed E-state index contributed by atoms with van der Waals surface area (Å²) in [6, 6.07) is -0.756. The highest BCUT2D eigenvalue weighted by molar-refractivity contribution is 7.98. The van der Waals surface area contributed by atoms with E-state index in [0.29, 0.717) is 12.8 Å². The first-order valence-electron chi connectivity index (χ1n) is 8.27. The predicted molar refractivity (Wildman–Crippen MR) is 94.3 cm³/mol. The number of hydrogen-bond donors (Lipinski definition) is 2. The fourth-order valence-corrected chi connectivity index (χ4v) is 2.54. The van der Waals surface area contributed by atoms with E-state index in [2.05, 4.69) is 24.4 Å². The first kappa shape index (κ1) is 21.0. The van der Waals surface area contributed by atoms with E-state index in [9.17, 15) is 9.59 Å². The Morgan fingerprint density at radius 2 is 1.82 bits per heavy atom. The van der Waals surface area contributed by atoms with Crippen molar-refractivity contribution < 1.29 is 14.7 Å². The Morgan fingerprint density at radius 3 is 2.41 bits per heavy atom. The Hall–Kier alpha value is -0.970. The fraction of sp³-hybridized carbons (Fsp3) is 0.765. The molecule has 0 aliphatic rings. The lowest BCUT2D eigenvalue weighted by Crippen LogP contribution is -2.41. The van der Waals surface area contributed by atoms with Gasteiger partial charge in [-0.05, 0) is 44.1 Å². The van der Waals surface area contributed by atoms with Crippen LogP contribution < -0.4 is 5.32 Å². The van der Waals surface area contributed by atoms with Gasteiger partial charge in [0.25, 0.3) is 0 Å². The molecule has 0 heterocycles. The molecule has 0 radical (unpaired) electrons. The quantitative estimate of drug-likeness (QED) is 0.373. The molecule has 0 aromatic heterocycles. The van der Waals surface area contributed by atoms with E-state index in [-0.39, 0.29) is 5.91 Å². The second-order valence-corrected chi connectivity index (χ2v) is 6.44. The summed E-state index contributed by atoms with van der Waals surface area (Å²) in [4.78, 5) is 22.8. The Morgan fingerprint density at radius 1 is 1.14 bits per heavy atom. The standard InChI is InChI=1S/C17H31NO3S/c1-3-4-5-6-7-8-9-10-11-12-16(19)18-15(17(20)21)13-14-22-2/h8-9,15H,3-7,10-14H2,1-2H3,(H,18,19)(H,20,21). The van der Waals surface area contributed by atoms with Crippen molar-refractivity contribution in [1.82, 2.24) is 5.32 Å². The lowest BCUT2D eigenvalue weighted by atomic mass is 10.1. The van der Waals surface area contributed by atoms with Gasteiger partial charge in [0, 0.05) is 6.42 Å². The summed E-state index contributed by atoms with van der Waals surface area (Å²) in [6.07, 6.45) is 14.9. The van der Waals surface area contributed by atoms with Gasteiger partial charge in [-0.2, -0.15) is 11.8 Å². The zero-order valence-electron chi connectivity index (χ0n) is 14.0. The fourth-order valence-electron chi connectivity index (χ4n) is 2.06. The van der Waals surface area contributed by atoms with Crippen LogP contribution in [-0.2, 0) is 9.59 Å². The van der Waals surface area contributed by atoms with Crippen LogP contribution in [0.1, 0.15) is 64.7 Å². The highest BCUT2D eigenvalue weighted by atomic mass is 32.2. The number of allylic oxidation sites excluding steroid dienone is 2. The SMILES string of the molecule is CCCCCCC=CCCCC(=O)NC(CCSC)C(=O)O. The summed E-state index contributed by atoms with van der Waals surface area (Å²) in [5, 5.41) is 11.6. The van der Waals surface area contributed by atoms with Gasteiger partial charge < -0.3 is 10.4 Å². The zero-order chi connectivity index (χ0) is 16.6. The van der Waals surface area contributed by atoms with E-state index in [1.807, 2.05) is 6.26 Å². The summed E-state index contributed by atoms with van der Waals surface area (Å²) in [5.74, 6) is -0.378. The number of carbonyl (C=O) groups is 2. The van der Waals surface area contributed by atoms with Crippen LogP contribution in [0.3, 0.4) is 0 Å². The van der Waals surface area contributed by atoms with Crippen molar-refractivity contribution in [2.75, 3.05) is 12.0 Å². The third-order valence-electron chi connectivity index (χ3n) is 3.41. The smallest absolute Gasteiger partial charge is 0.326 e. The molecule has 22 heavy (non-hydrogen) atoms. The van der Waals surface area contributed by atoms with E-state index in [1.54, 1.807) is 11.8 Å². The van der Waals surface area contributed by atoms with Crippen molar-refractivity contribution in [1.29, 1.82) is 0 Å². The van der Waals surface area contributed by atoms with Crippen LogP contribution in [0.2, 0.25) is 0 Å². The molecule has 128 valence electrons. The number of unbranched alkanes of at least 4 members (excludes halogenated alkanes) is 5. The number of carboxylic acids is 1. The average molecular weight is 330 g/mol. The summed E-state index contributed by atoms with van der Waals surface area (Å²) in [6.45, 7) is 2.21. The van der Waals surface area contributed by atoms with Crippen molar-refractivity contribution in [2.24, 2.45) is 0 Å². The van der Waals surface area contributed by atoms with Gasteiger partial charge in [-0.3, -0.25) is 4.79 Å². The van der Waals surface area contributed by atoms with Crippen molar-refractivity contribution in [2.45, 2.75) is 70.8 Å². The summed E-state index contributed by atoms with van der Waals surface area (Å²) >= 11 is 1.58. The Kier molecular flexibility index (Phi) is 14.3. The van der Waals surface area contributed by atoms with Crippen LogP contribution in [-0.4, -0.2) is 35.0 Å². The molecule has 0 saturated carbocycles. The van der Waals surface area contributed by atoms with Gasteiger partial charge in [0.05, 0.1) is 0 Å². The van der Waals surface area contributed by atoms with Crippen LogP contribution in [0, 0.1) is 0 Å². The van der Waals surface area contributed by atoms with Crippen molar-refractivity contribution >= 4 is 23.6 Å². The first-order chi connectivity index (χ1) is 10.6. The summed E-state index contributed by atoms with van der Waals surface area (Å²) < 4.78 is 0. The highest BCUT2D eigenvalue weighted by Gasteiger charge is 2.18. The Balaban J connectivity index is 3.70. The molecule has 1 atom stereocenters. The molecule has 4 nitrogen and oxygen atoms in total. The molecule has 0 aromatic rings. The lowest BCUT2D eigenvalue weighted by Gasteiger charge is -2.13. The lowest BCUT2D eigenvalue weighted by molar-refractivity contribution is -0.141. The van der Waals surface area contributed by atoms with E-state index >= 15 is 0 Å². The van der Waals surface area contributed by atoms with Gasteiger partial charge >= 0.3 is 5.97 Å². The Labute approximate surface area is 139 Å². The number of hydrogen-bond acceptors (Lipinski definition) is 3. The number of thioether (sulfide) groups is 1. The van der Waals surface area contributed by atoms with Crippen LogP contribution in [0.5, 0.6) is 0 Å². The minimum Gasteiger partial charge on any atom is -0.480 e. The van der Waals surface area contributed by atoms with Gasteiger partial charge in [-0.15, -0.1) is 0 Å². The first-order valence-corrected chi connectivity index (χ1v) is 9.67. The molecule has 0 aromatic carbocycles. The van der Waals surface area contributed by atoms with E-state index in [4.69, 9.17) is 5.11 Å². The minimum absolute atomic E-state index is 0.162. The van der Waals surface area contributed by atoms with Gasteiger partial charge in [0.15, 0.2) is 0 Å². The van der Waals surface area contributed by atoms with Crippen molar-refractivity contribution in [3.05, 3.63) is 12.2 Å². The molecule has 0 aliphatic heterocycles. The molecule has 1 unspecified atom stereocenters. The van der Waals surface area contributed by atoms with Crippen LogP contribution in [0.15, 0.2) is 12.2 Å². The third-order valence-corrected chi connectivity index (χ3v) is 4.05. The Bertz CT molecular complexity index is 332. The molecule has 0 fully saturated rings. The summed E-state index contributed by atoms with van der Waals surface area (Å²) in [7, 11) is 0. The van der Waals surface area contributed by atoms with Gasteiger partial charge in [-0.25, -0.2) is 4.79 Å². The highest BCUT2D eigenvalue weighted by Crippen LogP contribution is 2.05. The number of carbonyl (C=O) groups excluding carboxylic acids is 1. The van der Waals surface area contributed by atoms with Crippen molar-refractivity contribution in [3.63, 3.8) is 0 Å². The molecule has 5 heteroatoms. The largest absolute Gasteiger partial charge is 0.480 e. The summed E-state index contributed by atoms with van der Waals surface area (Å²) in [5.41, 5.74) is 0. The van der Waals surface area contributed by atoms with E-state index in [0.717, 1.165) is 25.0 Å². The molecular formula is C17H31NO3S. The topological polar surface area (TPSA) is 66.4 Å². The van der Waals surface area contributed by atoms with Gasteiger partial charge in [0.2, 0.25) is 5.91 Å². The van der Waals surface area contributed by atoms with Gasteiger partial charge in [0.1, 0.15) is 6.04 Å². The van der Waals surface area contributed by atoms with Crippen LogP contribution >= 0.6 is 11.8 Å². The average Bonchev–Trinajstić information content (AvgIpc) is 2.49. The molecule has 0 aliphatic carbocycles. The second kappa shape index (κ2) is 14.9. The maximum Gasteiger partial charge on any atom is 0.326 e. The van der Waals surface area contributed by atoms with E-state index < -0.39 is 12.0 Å². The van der Waals surface area contributed by atoms with Crippen LogP contribution in [0.25, 0.3) is 0 Å². The number of aliphatic carboxylic acids is 1. The molecule has 0 bridgehead atoms. The van der Waals surface area contributed by atoms with Crippen molar-refractivity contribution in [3.8, 4) is 0 Å². The molecule has 0 saturated heterocycles. The molecule has 2 N–H and O–H groups in total. The van der Waals surface area contributed by atoms with E-state index in [1.165, 1.54) is 25.7 Å². The molecule has 0 rings (SSSR count). The number of amides is 1. The molecular weight excluding hydrogens is 298 g/mol. The predicted octanol–water partition coefficient (Wildman–Crippen LogP) is 4.01. The molecule has 1 amide bonds. The number of rotatable bonds is 14. The monoisotopic (exact) mass is 329 g/mol. The molecule has 0 spiro atoms. The number of carboxylic acid groups (broad SMARTS) is 1. The minimum atomic E-state index is -0.950. The zero-order valence-corrected chi connectivity index (χ0v) is 14.8. The maximum atomic E-state index is 11.7. The second-order valence-electron chi connectivity index (χ2n) is 5.45. The normalized spacial score (nSPS) is 12.5. The van der Waals surface area contributed by atoms with Gasteiger partial charge in [-0.1, -0.05) is 38.3 Å². The van der Waals surface area contributed by atoms with Crippen LogP contribution in [0.4, 0.5) is 0 Å². The third kappa shape index (κ3) is 12.7. The maximum absolute atomic E-state index is 11.7. The number of nitrogens with one attached hydrogen (secondary N) is 1.